The van der Waals surface area contributed by atoms with Crippen LogP contribution in [-0.2, 0) is 11.2 Å². The third kappa shape index (κ3) is 4.61. The number of aliphatic hydroxyl groups excluding tert-OH is 1. The molecule has 1 saturated carbocycles. The zero-order chi connectivity index (χ0) is 23.8. The van der Waals surface area contributed by atoms with E-state index >= 15 is 0 Å². The van der Waals surface area contributed by atoms with Gasteiger partial charge < -0.3 is 10.0 Å². The number of H-pyrrole nitrogens is 1. The molecule has 1 saturated heterocycles. The van der Waals surface area contributed by atoms with Crippen LogP contribution in [-0.4, -0.2) is 40.3 Å². The lowest BCUT2D eigenvalue weighted by molar-refractivity contribution is -0.120. The SMILES string of the molecule is O=C(Cc1ccc2[nH]nc(-c3ccc(N4CCC(O)CC4)cc3)c2c1)C(c1ccccc1)C1CC1. The maximum Gasteiger partial charge on any atom is 0.144 e. The van der Waals surface area contributed by atoms with Crippen LogP contribution in [0.4, 0.5) is 5.69 Å². The molecule has 178 valence electrons. The van der Waals surface area contributed by atoms with Gasteiger partial charge in [0.15, 0.2) is 0 Å². The van der Waals surface area contributed by atoms with Crippen LogP contribution in [0.3, 0.4) is 0 Å². The van der Waals surface area contributed by atoms with Crippen molar-refractivity contribution >= 4 is 22.4 Å². The molecule has 2 N–H and O–H groups in total. The van der Waals surface area contributed by atoms with Crippen molar-refractivity contribution in [2.24, 2.45) is 5.92 Å². The number of nitrogens with one attached hydrogen (secondary N) is 1. The van der Waals surface area contributed by atoms with Crippen LogP contribution in [0.25, 0.3) is 22.2 Å². The Bertz CT molecular complexity index is 1320. The Hall–Kier alpha value is -3.44. The van der Waals surface area contributed by atoms with Gasteiger partial charge in [-0.2, -0.15) is 5.10 Å². The van der Waals surface area contributed by atoms with Crippen molar-refractivity contribution in [3.8, 4) is 11.3 Å². The quantitative estimate of drug-likeness (QED) is 0.378. The van der Waals surface area contributed by atoms with Crippen LogP contribution < -0.4 is 4.90 Å². The Morgan fingerprint density at radius 2 is 1.71 bits per heavy atom. The minimum Gasteiger partial charge on any atom is -0.393 e. The molecule has 2 fully saturated rings. The molecule has 0 amide bonds. The van der Waals surface area contributed by atoms with Gasteiger partial charge in [-0.25, -0.2) is 0 Å². The lowest BCUT2D eigenvalue weighted by Crippen LogP contribution is -2.35. The summed E-state index contributed by atoms with van der Waals surface area (Å²) < 4.78 is 0. The van der Waals surface area contributed by atoms with E-state index in [9.17, 15) is 9.90 Å². The van der Waals surface area contributed by atoms with E-state index in [1.54, 1.807) is 0 Å². The van der Waals surface area contributed by atoms with Crippen molar-refractivity contribution in [2.75, 3.05) is 18.0 Å². The Kier molecular flexibility index (Phi) is 5.86. The molecular formula is C30H31N3O2. The molecule has 3 aromatic carbocycles. The topological polar surface area (TPSA) is 69.2 Å². The lowest BCUT2D eigenvalue weighted by Gasteiger charge is -2.31. The van der Waals surface area contributed by atoms with Gasteiger partial charge in [0, 0.05) is 42.1 Å². The van der Waals surface area contributed by atoms with E-state index in [2.05, 4.69) is 57.6 Å². The summed E-state index contributed by atoms with van der Waals surface area (Å²) in [7, 11) is 0. The van der Waals surface area contributed by atoms with Gasteiger partial charge in [-0.15, -0.1) is 0 Å². The number of rotatable bonds is 7. The van der Waals surface area contributed by atoms with Crippen molar-refractivity contribution < 1.29 is 9.90 Å². The van der Waals surface area contributed by atoms with E-state index < -0.39 is 0 Å². The Morgan fingerprint density at radius 3 is 2.43 bits per heavy atom. The fourth-order valence-electron chi connectivity index (χ4n) is 5.47. The van der Waals surface area contributed by atoms with E-state index in [1.165, 1.54) is 5.69 Å². The summed E-state index contributed by atoms with van der Waals surface area (Å²) in [4.78, 5) is 15.7. The number of benzene rings is 3. The second kappa shape index (κ2) is 9.31. The number of piperidine rings is 1. The first-order chi connectivity index (χ1) is 17.2. The van der Waals surface area contributed by atoms with E-state index in [-0.39, 0.29) is 12.0 Å². The van der Waals surface area contributed by atoms with Crippen LogP contribution in [0.1, 0.15) is 42.7 Å². The molecule has 4 aromatic rings. The highest BCUT2D eigenvalue weighted by Crippen LogP contribution is 2.43. The fourth-order valence-corrected chi connectivity index (χ4v) is 5.47. The van der Waals surface area contributed by atoms with Gasteiger partial charge >= 0.3 is 0 Å². The maximum atomic E-state index is 13.4. The summed E-state index contributed by atoms with van der Waals surface area (Å²) in [5.41, 5.74) is 6.31. The Labute approximate surface area is 205 Å². The zero-order valence-corrected chi connectivity index (χ0v) is 19.9. The normalized spacial score (nSPS) is 17.6. The van der Waals surface area contributed by atoms with Crippen LogP contribution in [0.15, 0.2) is 72.8 Å². The molecule has 5 heteroatoms. The van der Waals surface area contributed by atoms with E-state index in [0.717, 1.165) is 72.1 Å². The number of aromatic amines is 1. The van der Waals surface area contributed by atoms with Crippen molar-refractivity contribution in [2.45, 2.75) is 44.1 Å². The van der Waals surface area contributed by atoms with Crippen LogP contribution in [0, 0.1) is 5.92 Å². The predicted molar refractivity (Wildman–Crippen MR) is 140 cm³/mol. The molecule has 1 aromatic heterocycles. The molecule has 35 heavy (non-hydrogen) atoms. The van der Waals surface area contributed by atoms with E-state index in [0.29, 0.717) is 18.1 Å². The summed E-state index contributed by atoms with van der Waals surface area (Å²) in [5.74, 6) is 0.790. The molecule has 2 heterocycles. The molecule has 1 aliphatic carbocycles. The zero-order valence-electron chi connectivity index (χ0n) is 19.9. The molecule has 1 aliphatic heterocycles. The van der Waals surface area contributed by atoms with Gasteiger partial charge in [0.2, 0.25) is 0 Å². The summed E-state index contributed by atoms with van der Waals surface area (Å²) in [6, 6.07) is 25.0. The molecule has 0 radical (unpaired) electrons. The van der Waals surface area contributed by atoms with Crippen LogP contribution in [0.2, 0.25) is 0 Å². The number of nitrogens with zero attached hydrogens (tertiary/aromatic N) is 2. The number of hydrogen-bond acceptors (Lipinski definition) is 4. The minimum atomic E-state index is -0.172. The third-order valence-corrected chi connectivity index (χ3v) is 7.57. The van der Waals surface area contributed by atoms with E-state index in [4.69, 9.17) is 0 Å². The van der Waals surface area contributed by atoms with Gasteiger partial charge in [0.05, 0.1) is 17.3 Å². The van der Waals surface area contributed by atoms with Gasteiger partial charge in [0.1, 0.15) is 5.78 Å². The number of hydrogen-bond donors (Lipinski definition) is 2. The average Bonchev–Trinajstić information content (AvgIpc) is 3.63. The largest absolute Gasteiger partial charge is 0.393 e. The highest BCUT2D eigenvalue weighted by molar-refractivity contribution is 5.95. The Balaban J connectivity index is 1.23. The fraction of sp³-hybridized carbons (Fsp3) is 0.333. The number of fused-ring (bicyclic) bond motifs is 1. The average molecular weight is 466 g/mol. The standard InChI is InChI=1S/C30H31N3O2/c34-25-14-16-33(17-15-25)24-11-9-23(10-12-24)30-26-18-20(6-13-27(26)31-32-30)19-28(35)29(22-7-8-22)21-4-2-1-3-5-21/h1-6,9-13,18,22,25,29,34H,7-8,14-17,19H2,(H,31,32). The molecule has 1 unspecified atom stereocenters. The second-order valence-electron chi connectivity index (χ2n) is 10.1. The minimum absolute atomic E-state index is 0.000777. The van der Waals surface area contributed by atoms with Gasteiger partial charge in [-0.05, 0) is 67.0 Å². The van der Waals surface area contributed by atoms with Crippen molar-refractivity contribution in [3.63, 3.8) is 0 Å². The number of carbonyl (C=O) groups excluding carboxylic acids is 1. The summed E-state index contributed by atoms with van der Waals surface area (Å²) >= 11 is 0. The van der Waals surface area contributed by atoms with Crippen molar-refractivity contribution in [1.29, 1.82) is 0 Å². The smallest absolute Gasteiger partial charge is 0.144 e. The molecule has 2 aliphatic rings. The second-order valence-corrected chi connectivity index (χ2v) is 10.1. The van der Waals surface area contributed by atoms with Crippen molar-refractivity contribution in [1.82, 2.24) is 10.2 Å². The first kappa shape index (κ1) is 22.1. The number of aromatic nitrogens is 2. The third-order valence-electron chi connectivity index (χ3n) is 7.57. The predicted octanol–water partition coefficient (Wildman–Crippen LogP) is 5.50. The first-order valence-corrected chi connectivity index (χ1v) is 12.7. The lowest BCUT2D eigenvalue weighted by atomic mass is 9.87. The summed E-state index contributed by atoms with van der Waals surface area (Å²) in [5, 5.41) is 18.6. The number of ketones is 1. The van der Waals surface area contributed by atoms with Gasteiger partial charge in [0.25, 0.3) is 0 Å². The Morgan fingerprint density at radius 1 is 0.971 bits per heavy atom. The number of carbonyl (C=O) groups is 1. The molecule has 6 rings (SSSR count). The monoisotopic (exact) mass is 465 g/mol. The van der Waals surface area contributed by atoms with Crippen LogP contribution >= 0.6 is 0 Å². The molecule has 5 nitrogen and oxygen atoms in total. The van der Waals surface area contributed by atoms with Gasteiger partial charge in [-0.1, -0.05) is 48.5 Å². The highest BCUT2D eigenvalue weighted by atomic mass is 16.3. The van der Waals surface area contributed by atoms with Gasteiger partial charge in [-0.3, -0.25) is 9.89 Å². The number of aliphatic hydroxyl groups is 1. The first-order valence-electron chi connectivity index (χ1n) is 12.7. The van der Waals surface area contributed by atoms with Crippen molar-refractivity contribution in [3.05, 3.63) is 83.9 Å². The number of anilines is 1. The number of Topliss-reactive ketones (excluding diaryl/α,β-unsaturated/α-hetero) is 1. The highest BCUT2D eigenvalue weighted by Gasteiger charge is 2.36. The maximum absolute atomic E-state index is 13.4. The molecule has 0 bridgehead atoms. The summed E-state index contributed by atoms with van der Waals surface area (Å²) in [6.45, 7) is 1.77. The molecular weight excluding hydrogens is 434 g/mol. The van der Waals surface area contributed by atoms with Crippen LogP contribution in [0.5, 0.6) is 0 Å². The molecule has 0 spiro atoms. The molecule has 1 atom stereocenters. The summed E-state index contributed by atoms with van der Waals surface area (Å²) in [6.07, 6.45) is 4.19. The van der Waals surface area contributed by atoms with E-state index in [1.807, 2.05) is 30.3 Å².